The van der Waals surface area contributed by atoms with Crippen LogP contribution in [0.25, 0.3) is 0 Å². The number of phenolic OH excluding ortho intramolecular Hbond substituents is 1. The Morgan fingerprint density at radius 2 is 2.08 bits per heavy atom. The SMILES string of the molecule is Cl.N=C(N)c1ccc(O)cc1F. The van der Waals surface area contributed by atoms with Crippen LogP contribution in [0, 0.1) is 11.2 Å². The van der Waals surface area contributed by atoms with Crippen LogP contribution in [0.1, 0.15) is 5.56 Å². The van der Waals surface area contributed by atoms with Gasteiger partial charge in [0.1, 0.15) is 17.4 Å². The molecule has 66 valence electrons. The molecule has 1 aromatic rings. The second kappa shape index (κ2) is 3.92. The molecule has 0 aliphatic heterocycles. The van der Waals surface area contributed by atoms with Crippen LogP contribution >= 0.6 is 12.4 Å². The van der Waals surface area contributed by atoms with Crippen molar-refractivity contribution in [2.45, 2.75) is 0 Å². The molecule has 0 aliphatic carbocycles. The summed E-state index contributed by atoms with van der Waals surface area (Å²) in [7, 11) is 0. The maximum Gasteiger partial charge on any atom is 0.137 e. The van der Waals surface area contributed by atoms with Crippen molar-refractivity contribution in [2.75, 3.05) is 0 Å². The van der Waals surface area contributed by atoms with Gasteiger partial charge < -0.3 is 10.8 Å². The highest BCUT2D eigenvalue weighted by atomic mass is 35.5. The topological polar surface area (TPSA) is 70.1 Å². The summed E-state index contributed by atoms with van der Waals surface area (Å²) >= 11 is 0. The van der Waals surface area contributed by atoms with Crippen LogP contribution < -0.4 is 5.73 Å². The number of nitrogens with one attached hydrogen (secondary N) is 1. The van der Waals surface area contributed by atoms with Gasteiger partial charge in [-0.2, -0.15) is 0 Å². The number of amidine groups is 1. The van der Waals surface area contributed by atoms with E-state index in [1.54, 1.807) is 0 Å². The molecule has 5 heteroatoms. The highest BCUT2D eigenvalue weighted by Gasteiger charge is 2.04. The van der Waals surface area contributed by atoms with Gasteiger partial charge in [-0.15, -0.1) is 12.4 Å². The molecule has 0 unspecified atom stereocenters. The van der Waals surface area contributed by atoms with Gasteiger partial charge in [0.2, 0.25) is 0 Å². The van der Waals surface area contributed by atoms with E-state index in [0.717, 1.165) is 6.07 Å². The van der Waals surface area contributed by atoms with Crippen LogP contribution in [0.2, 0.25) is 0 Å². The Kier molecular flexibility index (Phi) is 3.50. The minimum atomic E-state index is -0.683. The minimum absolute atomic E-state index is 0. The first kappa shape index (κ1) is 10.7. The lowest BCUT2D eigenvalue weighted by molar-refractivity contribution is 0.469. The number of nitrogens with two attached hydrogens (primary N) is 1. The molecule has 12 heavy (non-hydrogen) atoms. The zero-order valence-electron chi connectivity index (χ0n) is 6.04. The maximum atomic E-state index is 12.7. The first-order chi connectivity index (χ1) is 5.11. The lowest BCUT2D eigenvalue weighted by Crippen LogP contribution is -2.12. The predicted molar refractivity (Wildman–Crippen MR) is 46.3 cm³/mol. The van der Waals surface area contributed by atoms with E-state index in [4.69, 9.17) is 16.2 Å². The van der Waals surface area contributed by atoms with Crippen LogP contribution in [0.4, 0.5) is 4.39 Å². The first-order valence-electron chi connectivity index (χ1n) is 2.94. The fourth-order valence-corrected chi connectivity index (χ4v) is 0.722. The Balaban J connectivity index is 0.00000121. The van der Waals surface area contributed by atoms with Gasteiger partial charge in [0.05, 0.1) is 5.56 Å². The summed E-state index contributed by atoms with van der Waals surface area (Å²) in [5, 5.41) is 15.7. The van der Waals surface area contributed by atoms with E-state index in [1.807, 2.05) is 0 Å². The first-order valence-corrected chi connectivity index (χ1v) is 2.94. The van der Waals surface area contributed by atoms with Crippen molar-refractivity contribution in [1.29, 1.82) is 5.41 Å². The molecular formula is C7H8ClFN2O. The normalized spacial score (nSPS) is 8.75. The Hall–Kier alpha value is -1.29. The van der Waals surface area contributed by atoms with Gasteiger partial charge in [-0.3, -0.25) is 5.41 Å². The fourth-order valence-electron chi connectivity index (χ4n) is 0.722. The standard InChI is InChI=1S/C7H7FN2O.ClH/c8-6-3-4(11)1-2-5(6)7(9)10;/h1-3,11H,(H3,9,10);1H. The zero-order chi connectivity index (χ0) is 8.43. The summed E-state index contributed by atoms with van der Waals surface area (Å²) in [6.45, 7) is 0. The highest BCUT2D eigenvalue weighted by Crippen LogP contribution is 2.13. The van der Waals surface area contributed by atoms with Crippen molar-refractivity contribution in [3.05, 3.63) is 29.6 Å². The van der Waals surface area contributed by atoms with Crippen molar-refractivity contribution in [3.8, 4) is 5.75 Å². The van der Waals surface area contributed by atoms with Gasteiger partial charge in [0.15, 0.2) is 0 Å². The largest absolute Gasteiger partial charge is 0.508 e. The molecule has 4 N–H and O–H groups in total. The van der Waals surface area contributed by atoms with Crippen molar-refractivity contribution in [2.24, 2.45) is 5.73 Å². The summed E-state index contributed by atoms with van der Waals surface area (Å²) in [6, 6.07) is 3.45. The third kappa shape index (κ3) is 2.10. The van der Waals surface area contributed by atoms with Gasteiger partial charge in [0.25, 0.3) is 0 Å². The number of phenols is 1. The van der Waals surface area contributed by atoms with E-state index in [1.165, 1.54) is 12.1 Å². The number of nitrogen functional groups attached to an aromatic ring is 1. The smallest absolute Gasteiger partial charge is 0.137 e. The number of benzene rings is 1. The average molecular weight is 191 g/mol. The monoisotopic (exact) mass is 190 g/mol. The highest BCUT2D eigenvalue weighted by molar-refractivity contribution is 5.95. The Bertz CT molecular complexity index is 303. The third-order valence-electron chi connectivity index (χ3n) is 1.24. The van der Waals surface area contributed by atoms with E-state index in [0.29, 0.717) is 0 Å². The number of rotatable bonds is 1. The molecule has 1 aromatic carbocycles. The van der Waals surface area contributed by atoms with Gasteiger partial charge >= 0.3 is 0 Å². The number of halogens is 2. The molecule has 0 heterocycles. The minimum Gasteiger partial charge on any atom is -0.508 e. The van der Waals surface area contributed by atoms with E-state index in [-0.39, 0.29) is 29.6 Å². The lowest BCUT2D eigenvalue weighted by Gasteiger charge is -1.99. The molecule has 0 amide bonds. The van der Waals surface area contributed by atoms with Gasteiger partial charge in [-0.05, 0) is 12.1 Å². The van der Waals surface area contributed by atoms with Gasteiger partial charge in [-0.25, -0.2) is 4.39 Å². The second-order valence-electron chi connectivity index (χ2n) is 2.08. The second-order valence-corrected chi connectivity index (χ2v) is 2.08. The molecule has 0 aliphatic rings. The Labute approximate surface area is 74.9 Å². The number of hydrogen-bond donors (Lipinski definition) is 3. The number of hydrogen-bond acceptors (Lipinski definition) is 2. The lowest BCUT2D eigenvalue weighted by atomic mass is 10.2. The van der Waals surface area contributed by atoms with Crippen LogP contribution in [0.15, 0.2) is 18.2 Å². The summed E-state index contributed by atoms with van der Waals surface area (Å²) < 4.78 is 12.7. The quantitative estimate of drug-likeness (QED) is 0.461. The van der Waals surface area contributed by atoms with E-state index < -0.39 is 5.82 Å². The third-order valence-corrected chi connectivity index (χ3v) is 1.24. The van der Waals surface area contributed by atoms with Crippen molar-refractivity contribution >= 4 is 18.2 Å². The average Bonchev–Trinajstić information content (AvgIpc) is 1.85. The maximum absolute atomic E-state index is 12.7. The predicted octanol–water partition coefficient (Wildman–Crippen LogP) is 1.24. The van der Waals surface area contributed by atoms with Crippen molar-refractivity contribution in [1.82, 2.24) is 0 Å². The summed E-state index contributed by atoms with van der Waals surface area (Å²) in [4.78, 5) is 0. The van der Waals surface area contributed by atoms with E-state index in [2.05, 4.69) is 0 Å². The Morgan fingerprint density at radius 1 is 1.50 bits per heavy atom. The van der Waals surface area contributed by atoms with Crippen molar-refractivity contribution < 1.29 is 9.50 Å². The van der Waals surface area contributed by atoms with Gasteiger partial charge in [0, 0.05) is 6.07 Å². The van der Waals surface area contributed by atoms with Gasteiger partial charge in [-0.1, -0.05) is 0 Å². The molecular weight excluding hydrogens is 183 g/mol. The molecule has 0 fully saturated rings. The van der Waals surface area contributed by atoms with E-state index >= 15 is 0 Å². The van der Waals surface area contributed by atoms with Crippen LogP contribution in [0.5, 0.6) is 5.75 Å². The summed E-state index contributed by atoms with van der Waals surface area (Å²) in [5.74, 6) is -1.20. The fraction of sp³-hybridized carbons (Fsp3) is 0. The molecule has 0 radical (unpaired) electrons. The van der Waals surface area contributed by atoms with Crippen LogP contribution in [-0.4, -0.2) is 10.9 Å². The van der Waals surface area contributed by atoms with Crippen LogP contribution in [0.3, 0.4) is 0 Å². The zero-order valence-corrected chi connectivity index (χ0v) is 6.86. The Morgan fingerprint density at radius 3 is 2.50 bits per heavy atom. The molecule has 0 saturated heterocycles. The summed E-state index contributed by atoms with van der Waals surface area (Å²) in [6.07, 6.45) is 0. The molecule has 1 rings (SSSR count). The molecule has 0 atom stereocenters. The molecule has 0 bridgehead atoms. The van der Waals surface area contributed by atoms with Crippen molar-refractivity contribution in [3.63, 3.8) is 0 Å². The molecule has 0 spiro atoms. The molecule has 0 saturated carbocycles. The summed E-state index contributed by atoms with van der Waals surface area (Å²) in [5.41, 5.74) is 5.03. The van der Waals surface area contributed by atoms with Crippen LogP contribution in [-0.2, 0) is 0 Å². The molecule has 0 aromatic heterocycles. The number of aromatic hydroxyl groups is 1. The van der Waals surface area contributed by atoms with E-state index in [9.17, 15) is 4.39 Å². The molecule has 3 nitrogen and oxygen atoms in total.